The maximum atomic E-state index is 13.6. The van der Waals surface area contributed by atoms with Gasteiger partial charge in [0.25, 0.3) is 11.8 Å². The normalized spacial score (nSPS) is 18.4. The van der Waals surface area contributed by atoms with Gasteiger partial charge in [0.15, 0.2) is 0 Å². The van der Waals surface area contributed by atoms with Gasteiger partial charge in [-0.3, -0.25) is 9.59 Å². The summed E-state index contributed by atoms with van der Waals surface area (Å²) in [5.74, 6) is -1.21. The highest BCUT2D eigenvalue weighted by Crippen LogP contribution is 2.37. The van der Waals surface area contributed by atoms with Crippen molar-refractivity contribution in [3.8, 4) is 0 Å². The van der Waals surface area contributed by atoms with Crippen molar-refractivity contribution < 1.29 is 14.0 Å². The number of likely N-dealkylation sites (tertiary alicyclic amines) is 1. The summed E-state index contributed by atoms with van der Waals surface area (Å²) in [6.45, 7) is 1.53. The van der Waals surface area contributed by atoms with Crippen LogP contribution in [0.5, 0.6) is 0 Å². The molecule has 2 aliphatic rings. The summed E-state index contributed by atoms with van der Waals surface area (Å²) in [6, 6.07) is 9.33. The molecule has 4 rings (SSSR count). The van der Waals surface area contributed by atoms with Gasteiger partial charge in [-0.25, -0.2) is 9.29 Å². The van der Waals surface area contributed by atoms with Crippen molar-refractivity contribution in [2.75, 3.05) is 18.0 Å². The molecular weight excluding hydrogens is 339 g/mol. The molecule has 4 nitrogen and oxygen atoms in total. The molecule has 0 N–H and O–H groups in total. The average molecular weight is 356 g/mol. The van der Waals surface area contributed by atoms with E-state index in [2.05, 4.69) is 0 Å². The Labute approximate surface area is 149 Å². The van der Waals surface area contributed by atoms with Crippen LogP contribution in [0, 0.1) is 5.82 Å². The van der Waals surface area contributed by atoms with E-state index in [9.17, 15) is 14.0 Å². The Morgan fingerprint density at radius 2 is 1.76 bits per heavy atom. The number of carbonyl (C=O) groups is 2. The highest BCUT2D eigenvalue weighted by atomic mass is 32.1. The molecule has 0 bridgehead atoms. The fraction of sp³-hybridized carbons (Fsp3) is 0.263. The van der Waals surface area contributed by atoms with Crippen molar-refractivity contribution in [1.29, 1.82) is 0 Å². The van der Waals surface area contributed by atoms with Crippen LogP contribution >= 0.6 is 11.3 Å². The first-order valence-corrected chi connectivity index (χ1v) is 9.22. The maximum absolute atomic E-state index is 13.6. The lowest BCUT2D eigenvalue weighted by molar-refractivity contribution is -0.120. The molecule has 2 aliphatic heterocycles. The molecule has 0 unspecified atom stereocenters. The topological polar surface area (TPSA) is 40.6 Å². The Morgan fingerprint density at radius 1 is 0.960 bits per heavy atom. The number of benzene rings is 1. The van der Waals surface area contributed by atoms with E-state index in [0.717, 1.165) is 42.1 Å². The lowest BCUT2D eigenvalue weighted by Crippen LogP contribution is -2.37. The van der Waals surface area contributed by atoms with Crippen LogP contribution < -0.4 is 4.90 Å². The van der Waals surface area contributed by atoms with Gasteiger partial charge in [0.2, 0.25) is 0 Å². The molecule has 1 fully saturated rings. The number of carbonyl (C=O) groups excluding carboxylic acids is 2. The van der Waals surface area contributed by atoms with Crippen molar-refractivity contribution in [1.82, 2.24) is 4.90 Å². The van der Waals surface area contributed by atoms with Crippen LogP contribution in [0.15, 0.2) is 47.5 Å². The molecule has 0 radical (unpaired) electrons. The number of halogens is 1. The van der Waals surface area contributed by atoms with E-state index >= 15 is 0 Å². The Balaban J connectivity index is 1.81. The quantitative estimate of drug-likeness (QED) is 0.788. The van der Waals surface area contributed by atoms with Crippen molar-refractivity contribution in [2.45, 2.75) is 19.3 Å². The largest absolute Gasteiger partial charge is 0.366 e. The predicted molar refractivity (Wildman–Crippen MR) is 95.6 cm³/mol. The number of imide groups is 1. The zero-order valence-electron chi connectivity index (χ0n) is 13.6. The Hall–Kier alpha value is -2.47. The fourth-order valence-electron chi connectivity index (χ4n) is 3.42. The van der Waals surface area contributed by atoms with Crippen LogP contribution in [-0.2, 0) is 9.59 Å². The molecule has 1 aromatic carbocycles. The SMILES string of the molecule is O=C1C(c2cccs2)=C(N2CCCCC2)C(=O)N1c1cccc(F)c1. The number of rotatable bonds is 3. The van der Waals surface area contributed by atoms with Crippen LogP contribution in [0.2, 0.25) is 0 Å². The Morgan fingerprint density at radius 3 is 2.44 bits per heavy atom. The summed E-state index contributed by atoms with van der Waals surface area (Å²) in [5, 5.41) is 1.89. The molecule has 1 aromatic heterocycles. The molecule has 128 valence electrons. The predicted octanol–water partition coefficient (Wildman–Crippen LogP) is 3.66. The lowest BCUT2D eigenvalue weighted by atomic mass is 10.1. The fourth-order valence-corrected chi connectivity index (χ4v) is 4.18. The summed E-state index contributed by atoms with van der Waals surface area (Å²) >= 11 is 1.44. The van der Waals surface area contributed by atoms with Gasteiger partial charge in [-0.2, -0.15) is 0 Å². The van der Waals surface area contributed by atoms with E-state index < -0.39 is 5.82 Å². The summed E-state index contributed by atoms with van der Waals surface area (Å²) in [6.07, 6.45) is 3.14. The third kappa shape index (κ3) is 2.76. The lowest BCUT2D eigenvalue weighted by Gasteiger charge is -2.29. The third-order valence-electron chi connectivity index (χ3n) is 4.57. The summed E-state index contributed by atoms with van der Waals surface area (Å²) in [5.41, 5.74) is 1.17. The molecular formula is C19H17FN2O2S. The summed E-state index contributed by atoms with van der Waals surface area (Å²) in [4.78, 5) is 30.1. The van der Waals surface area contributed by atoms with Crippen LogP contribution in [0.1, 0.15) is 24.1 Å². The van der Waals surface area contributed by atoms with E-state index in [4.69, 9.17) is 0 Å². The number of anilines is 1. The molecule has 0 aliphatic carbocycles. The molecule has 0 atom stereocenters. The highest BCUT2D eigenvalue weighted by Gasteiger charge is 2.43. The molecule has 25 heavy (non-hydrogen) atoms. The second-order valence-electron chi connectivity index (χ2n) is 6.17. The first-order chi connectivity index (χ1) is 12.2. The molecule has 0 saturated carbocycles. The smallest absolute Gasteiger partial charge is 0.282 e. The van der Waals surface area contributed by atoms with Crippen LogP contribution in [0.4, 0.5) is 10.1 Å². The van der Waals surface area contributed by atoms with Gasteiger partial charge in [0.05, 0.1) is 11.3 Å². The van der Waals surface area contributed by atoms with Crippen LogP contribution in [-0.4, -0.2) is 29.8 Å². The zero-order valence-corrected chi connectivity index (χ0v) is 14.4. The van der Waals surface area contributed by atoms with Gasteiger partial charge >= 0.3 is 0 Å². The standard InChI is InChI=1S/C19H17FN2O2S/c20-13-6-4-7-14(12-13)22-18(23)16(15-8-5-11-25-15)17(19(22)24)21-9-2-1-3-10-21/h4-8,11-12H,1-3,9-10H2. The molecule has 1 saturated heterocycles. The first-order valence-electron chi connectivity index (χ1n) is 8.34. The number of thiophene rings is 1. The summed E-state index contributed by atoms with van der Waals surface area (Å²) in [7, 11) is 0. The molecule has 2 aromatic rings. The number of hydrogen-bond donors (Lipinski definition) is 0. The van der Waals surface area contributed by atoms with Crippen molar-refractivity contribution in [2.24, 2.45) is 0 Å². The van der Waals surface area contributed by atoms with Crippen molar-refractivity contribution >= 4 is 34.4 Å². The molecule has 6 heteroatoms. The van der Waals surface area contributed by atoms with Crippen molar-refractivity contribution in [3.63, 3.8) is 0 Å². The van der Waals surface area contributed by atoms with E-state index in [1.165, 1.54) is 29.5 Å². The maximum Gasteiger partial charge on any atom is 0.282 e. The van der Waals surface area contributed by atoms with Crippen LogP contribution in [0.25, 0.3) is 5.57 Å². The van der Waals surface area contributed by atoms with Gasteiger partial charge < -0.3 is 4.90 Å². The Kier molecular flexibility index (Phi) is 4.13. The Bertz CT molecular complexity index is 854. The van der Waals surface area contributed by atoms with E-state index in [0.29, 0.717) is 11.3 Å². The number of hydrogen-bond acceptors (Lipinski definition) is 4. The number of nitrogens with zero attached hydrogens (tertiary/aromatic N) is 2. The van der Waals surface area contributed by atoms with Gasteiger partial charge in [-0.15, -0.1) is 11.3 Å². The minimum Gasteiger partial charge on any atom is -0.366 e. The molecule has 0 spiro atoms. The van der Waals surface area contributed by atoms with Gasteiger partial charge in [0.1, 0.15) is 11.5 Å². The third-order valence-corrected chi connectivity index (χ3v) is 5.45. The van der Waals surface area contributed by atoms with Gasteiger partial charge in [-0.1, -0.05) is 12.1 Å². The monoisotopic (exact) mass is 356 g/mol. The molecule has 2 amide bonds. The molecule has 3 heterocycles. The minimum absolute atomic E-state index is 0.274. The number of piperidine rings is 1. The van der Waals surface area contributed by atoms with Gasteiger partial charge in [-0.05, 0) is 48.9 Å². The average Bonchev–Trinajstić information content (AvgIpc) is 3.22. The van der Waals surface area contributed by atoms with Crippen LogP contribution in [0.3, 0.4) is 0 Å². The van der Waals surface area contributed by atoms with E-state index in [1.807, 2.05) is 22.4 Å². The second kappa shape index (κ2) is 6.44. The van der Waals surface area contributed by atoms with E-state index in [1.54, 1.807) is 6.07 Å². The van der Waals surface area contributed by atoms with Gasteiger partial charge in [0, 0.05) is 18.0 Å². The van der Waals surface area contributed by atoms with Crippen molar-refractivity contribution in [3.05, 3.63) is 58.2 Å². The second-order valence-corrected chi connectivity index (χ2v) is 7.12. The van der Waals surface area contributed by atoms with E-state index in [-0.39, 0.29) is 17.5 Å². The zero-order chi connectivity index (χ0) is 17.4. The minimum atomic E-state index is -0.470. The highest BCUT2D eigenvalue weighted by molar-refractivity contribution is 7.11. The first kappa shape index (κ1) is 16.0. The summed E-state index contributed by atoms with van der Waals surface area (Å²) < 4.78 is 13.6. The number of amides is 2.